The van der Waals surface area contributed by atoms with Crippen LogP contribution in [-0.4, -0.2) is 32.1 Å². The van der Waals surface area contributed by atoms with Crippen molar-refractivity contribution < 1.29 is 13.2 Å². The van der Waals surface area contributed by atoms with Gasteiger partial charge in [0.05, 0.1) is 21.9 Å². The van der Waals surface area contributed by atoms with Gasteiger partial charge in [0.25, 0.3) is 0 Å². The molecular weight excluding hydrogens is 422 g/mol. The number of nitrogens with zero attached hydrogens (tertiary/aromatic N) is 1. The molecule has 4 nitrogen and oxygen atoms in total. The third-order valence-corrected chi connectivity index (χ3v) is 8.27. The molecule has 3 rings (SSSR count). The van der Waals surface area contributed by atoms with E-state index in [0.717, 1.165) is 32.7 Å². The lowest BCUT2D eigenvalue weighted by atomic mass is 10.2. The van der Waals surface area contributed by atoms with Crippen LogP contribution in [0.5, 0.6) is 5.75 Å². The number of methoxy groups -OCH3 is 1. The Labute approximate surface area is 161 Å². The van der Waals surface area contributed by atoms with Crippen LogP contribution in [0.15, 0.2) is 45.8 Å². The van der Waals surface area contributed by atoms with E-state index in [1.54, 1.807) is 29.2 Å². The number of aryl methyl sites for hydroxylation is 2. The molecule has 1 aliphatic heterocycles. The molecule has 0 N–H and O–H groups in total. The number of sulfonamides is 1. The van der Waals surface area contributed by atoms with Crippen molar-refractivity contribution in [1.29, 1.82) is 0 Å². The number of thioether (sulfide) groups is 1. The van der Waals surface area contributed by atoms with Gasteiger partial charge < -0.3 is 4.74 Å². The normalized spacial score (nSPS) is 18.5. The molecule has 25 heavy (non-hydrogen) atoms. The standard InChI is InChI=1S/C18H20BrNO3S2/c1-12-4-7-17(13(2)10-12)25(21,22)20-8-9-24-18(20)14-5-6-16(23-3)15(19)11-14/h4-7,10-11,18H,8-9H2,1-3H3. The van der Waals surface area contributed by atoms with Gasteiger partial charge in [-0.15, -0.1) is 11.8 Å². The molecule has 1 saturated heterocycles. The molecule has 0 radical (unpaired) electrons. The zero-order valence-electron chi connectivity index (χ0n) is 14.3. The van der Waals surface area contributed by atoms with E-state index in [0.29, 0.717) is 11.4 Å². The van der Waals surface area contributed by atoms with E-state index in [1.807, 2.05) is 44.2 Å². The van der Waals surface area contributed by atoms with Crippen LogP contribution in [0.1, 0.15) is 22.1 Å². The maximum absolute atomic E-state index is 13.2. The third kappa shape index (κ3) is 3.60. The maximum Gasteiger partial charge on any atom is 0.244 e. The molecule has 2 aromatic carbocycles. The number of halogens is 1. The molecule has 1 aliphatic rings. The quantitative estimate of drug-likeness (QED) is 0.699. The lowest BCUT2D eigenvalue weighted by Gasteiger charge is -2.25. The van der Waals surface area contributed by atoms with E-state index in [1.165, 1.54) is 0 Å². The fourth-order valence-electron chi connectivity index (χ4n) is 3.01. The minimum atomic E-state index is -3.55. The minimum absolute atomic E-state index is 0.229. The molecule has 7 heteroatoms. The van der Waals surface area contributed by atoms with Crippen molar-refractivity contribution in [3.05, 3.63) is 57.6 Å². The largest absolute Gasteiger partial charge is 0.496 e. The first-order valence-electron chi connectivity index (χ1n) is 7.88. The molecule has 0 spiro atoms. The molecule has 0 bridgehead atoms. The smallest absolute Gasteiger partial charge is 0.244 e. The van der Waals surface area contributed by atoms with Crippen molar-refractivity contribution in [3.63, 3.8) is 0 Å². The summed E-state index contributed by atoms with van der Waals surface area (Å²) in [5, 5.41) is -0.229. The van der Waals surface area contributed by atoms with Gasteiger partial charge in [-0.25, -0.2) is 8.42 Å². The summed E-state index contributed by atoms with van der Waals surface area (Å²) in [4.78, 5) is 0.387. The molecule has 1 heterocycles. The van der Waals surface area contributed by atoms with E-state index in [9.17, 15) is 8.42 Å². The summed E-state index contributed by atoms with van der Waals surface area (Å²) in [5.74, 6) is 1.51. The molecule has 134 valence electrons. The Bertz CT molecular complexity index is 899. The molecular formula is C18H20BrNO3S2. The fourth-order valence-corrected chi connectivity index (χ4v) is 7.01. The number of ether oxygens (including phenoxy) is 1. The number of benzene rings is 2. The Morgan fingerprint density at radius 1 is 1.20 bits per heavy atom. The highest BCUT2D eigenvalue weighted by molar-refractivity contribution is 9.10. The van der Waals surface area contributed by atoms with Crippen LogP contribution in [0.3, 0.4) is 0 Å². The predicted molar refractivity (Wildman–Crippen MR) is 106 cm³/mol. The summed E-state index contributed by atoms with van der Waals surface area (Å²) in [7, 11) is -1.93. The Hall–Kier alpha value is -1.02. The number of hydrogen-bond donors (Lipinski definition) is 0. The first-order chi connectivity index (χ1) is 11.8. The van der Waals surface area contributed by atoms with Gasteiger partial charge in [-0.3, -0.25) is 0 Å². The van der Waals surface area contributed by atoms with Gasteiger partial charge in [0, 0.05) is 12.3 Å². The lowest BCUT2D eigenvalue weighted by Crippen LogP contribution is -2.31. The Morgan fingerprint density at radius 3 is 2.60 bits per heavy atom. The van der Waals surface area contributed by atoms with Crippen LogP contribution in [0, 0.1) is 13.8 Å². The van der Waals surface area contributed by atoms with Crippen molar-refractivity contribution in [2.75, 3.05) is 19.4 Å². The van der Waals surface area contributed by atoms with Gasteiger partial charge in [-0.05, 0) is 59.1 Å². The molecule has 1 unspecified atom stereocenters. The Morgan fingerprint density at radius 2 is 1.96 bits per heavy atom. The third-order valence-electron chi connectivity index (χ3n) is 4.23. The zero-order chi connectivity index (χ0) is 18.2. The van der Waals surface area contributed by atoms with Crippen molar-refractivity contribution >= 4 is 37.7 Å². The van der Waals surface area contributed by atoms with Crippen molar-refractivity contribution in [2.24, 2.45) is 0 Å². The lowest BCUT2D eigenvalue weighted by molar-refractivity contribution is 0.410. The van der Waals surface area contributed by atoms with Crippen LogP contribution >= 0.6 is 27.7 Å². The van der Waals surface area contributed by atoms with Crippen LogP contribution in [-0.2, 0) is 10.0 Å². The Kier molecular flexibility index (Phi) is 5.48. The maximum atomic E-state index is 13.2. The fraction of sp³-hybridized carbons (Fsp3) is 0.333. The summed E-state index contributed by atoms with van der Waals surface area (Å²) >= 11 is 5.13. The van der Waals surface area contributed by atoms with Gasteiger partial charge in [0.1, 0.15) is 5.75 Å². The second-order valence-electron chi connectivity index (χ2n) is 6.00. The summed E-state index contributed by atoms with van der Waals surface area (Å²) in [5.41, 5.74) is 2.79. The van der Waals surface area contributed by atoms with E-state index >= 15 is 0 Å². The van der Waals surface area contributed by atoms with Crippen molar-refractivity contribution in [1.82, 2.24) is 4.31 Å². The summed E-state index contributed by atoms with van der Waals surface area (Å²) < 4.78 is 34.2. The molecule has 1 atom stereocenters. The van der Waals surface area contributed by atoms with Gasteiger partial charge in [-0.2, -0.15) is 4.31 Å². The van der Waals surface area contributed by atoms with E-state index in [2.05, 4.69) is 15.9 Å². The van der Waals surface area contributed by atoms with Crippen LogP contribution < -0.4 is 4.74 Å². The topological polar surface area (TPSA) is 46.6 Å². The number of hydrogen-bond acceptors (Lipinski definition) is 4. The average Bonchev–Trinajstić information content (AvgIpc) is 3.04. The monoisotopic (exact) mass is 441 g/mol. The highest BCUT2D eigenvalue weighted by Crippen LogP contribution is 2.43. The molecule has 2 aromatic rings. The van der Waals surface area contributed by atoms with Crippen LogP contribution in [0.4, 0.5) is 0 Å². The highest BCUT2D eigenvalue weighted by atomic mass is 79.9. The summed E-state index contributed by atoms with van der Waals surface area (Å²) in [6.45, 7) is 4.32. The van der Waals surface area contributed by atoms with Gasteiger partial charge in [-0.1, -0.05) is 23.8 Å². The van der Waals surface area contributed by atoms with Crippen molar-refractivity contribution in [2.45, 2.75) is 24.1 Å². The first-order valence-corrected chi connectivity index (χ1v) is 11.2. The molecule has 0 amide bonds. The SMILES string of the molecule is COc1ccc(C2SCCN2S(=O)(=O)c2ccc(C)cc2C)cc1Br. The molecule has 0 aliphatic carbocycles. The van der Waals surface area contributed by atoms with Crippen LogP contribution in [0.2, 0.25) is 0 Å². The minimum Gasteiger partial charge on any atom is -0.496 e. The first kappa shape index (κ1) is 18.8. The molecule has 0 saturated carbocycles. The molecule has 0 aromatic heterocycles. The Balaban J connectivity index is 1.99. The average molecular weight is 442 g/mol. The van der Waals surface area contributed by atoms with Gasteiger partial charge in [0.2, 0.25) is 10.0 Å². The van der Waals surface area contributed by atoms with E-state index in [-0.39, 0.29) is 5.37 Å². The summed E-state index contributed by atoms with van der Waals surface area (Å²) in [6.07, 6.45) is 0. The van der Waals surface area contributed by atoms with E-state index in [4.69, 9.17) is 4.74 Å². The van der Waals surface area contributed by atoms with Gasteiger partial charge in [0.15, 0.2) is 0 Å². The summed E-state index contributed by atoms with van der Waals surface area (Å²) in [6, 6.07) is 11.2. The van der Waals surface area contributed by atoms with Crippen molar-refractivity contribution in [3.8, 4) is 5.75 Å². The van der Waals surface area contributed by atoms with Gasteiger partial charge >= 0.3 is 0 Å². The van der Waals surface area contributed by atoms with Crippen LogP contribution in [0.25, 0.3) is 0 Å². The second kappa shape index (κ2) is 7.31. The second-order valence-corrected chi connectivity index (χ2v) is 9.90. The predicted octanol–water partition coefficient (Wildman–Crippen LogP) is 4.51. The number of rotatable bonds is 4. The zero-order valence-corrected chi connectivity index (χ0v) is 17.5. The highest BCUT2D eigenvalue weighted by Gasteiger charge is 2.37. The van der Waals surface area contributed by atoms with E-state index < -0.39 is 10.0 Å². The molecule has 1 fully saturated rings.